The summed E-state index contributed by atoms with van der Waals surface area (Å²) in [6.45, 7) is 0.218. The Morgan fingerprint density at radius 2 is 1.95 bits per heavy atom. The minimum absolute atomic E-state index is 0.218. The Hall–Kier alpha value is -2.46. The van der Waals surface area contributed by atoms with Crippen molar-refractivity contribution in [3.05, 3.63) is 66.1 Å². The highest BCUT2D eigenvalue weighted by Crippen LogP contribution is 2.31. The summed E-state index contributed by atoms with van der Waals surface area (Å²) in [4.78, 5) is 4.28. The number of hydrogen-bond acceptors (Lipinski definition) is 3. The number of fused-ring (bicyclic) bond motifs is 1. The van der Waals surface area contributed by atoms with Crippen molar-refractivity contribution in [1.82, 2.24) is 4.98 Å². The summed E-state index contributed by atoms with van der Waals surface area (Å²) < 4.78 is 19.1. The average molecular weight is 268 g/mol. The van der Waals surface area contributed by atoms with E-state index in [0.29, 0.717) is 17.1 Å². The molecule has 2 aromatic carbocycles. The first-order chi connectivity index (χ1) is 9.78. The Morgan fingerprint density at radius 1 is 1.05 bits per heavy atom. The predicted molar refractivity (Wildman–Crippen MR) is 76.1 cm³/mol. The lowest BCUT2D eigenvalue weighted by Crippen LogP contribution is -2.00. The van der Waals surface area contributed by atoms with Crippen LogP contribution in [-0.4, -0.2) is 4.98 Å². The van der Waals surface area contributed by atoms with Crippen molar-refractivity contribution in [2.24, 2.45) is 5.73 Å². The van der Waals surface area contributed by atoms with Crippen LogP contribution in [0.3, 0.4) is 0 Å². The number of halogens is 1. The number of nitrogens with two attached hydrogens (primary N) is 1. The lowest BCUT2D eigenvalue weighted by atomic mass is 10.2. The molecular weight excluding hydrogens is 255 g/mol. The molecule has 0 saturated heterocycles. The SMILES string of the molecule is NCc1cc(F)ccc1Oc1cccc2ncccc12. The summed E-state index contributed by atoms with van der Waals surface area (Å²) in [5.74, 6) is 0.916. The van der Waals surface area contributed by atoms with Crippen LogP contribution in [0.25, 0.3) is 10.9 Å². The molecule has 3 aromatic rings. The van der Waals surface area contributed by atoms with Gasteiger partial charge in [-0.1, -0.05) is 6.07 Å². The Bertz CT molecular complexity index is 753. The molecule has 1 heterocycles. The van der Waals surface area contributed by atoms with E-state index < -0.39 is 0 Å². The Labute approximate surface area is 115 Å². The van der Waals surface area contributed by atoms with Gasteiger partial charge in [0.2, 0.25) is 0 Å². The van der Waals surface area contributed by atoms with Gasteiger partial charge in [0.15, 0.2) is 0 Å². The van der Waals surface area contributed by atoms with Crippen molar-refractivity contribution in [2.45, 2.75) is 6.54 Å². The number of hydrogen-bond donors (Lipinski definition) is 1. The molecule has 0 bridgehead atoms. The molecule has 0 spiro atoms. The van der Waals surface area contributed by atoms with Crippen molar-refractivity contribution in [1.29, 1.82) is 0 Å². The highest BCUT2D eigenvalue weighted by atomic mass is 19.1. The van der Waals surface area contributed by atoms with E-state index in [9.17, 15) is 4.39 Å². The number of ether oxygens (including phenoxy) is 1. The monoisotopic (exact) mass is 268 g/mol. The minimum Gasteiger partial charge on any atom is -0.456 e. The van der Waals surface area contributed by atoms with E-state index in [2.05, 4.69) is 4.98 Å². The van der Waals surface area contributed by atoms with Crippen LogP contribution in [-0.2, 0) is 6.54 Å². The maximum atomic E-state index is 13.2. The normalized spacial score (nSPS) is 10.7. The molecule has 1 aromatic heterocycles. The van der Waals surface area contributed by atoms with Crippen molar-refractivity contribution in [2.75, 3.05) is 0 Å². The molecule has 0 amide bonds. The maximum absolute atomic E-state index is 13.2. The van der Waals surface area contributed by atoms with E-state index in [4.69, 9.17) is 10.5 Å². The van der Waals surface area contributed by atoms with Gasteiger partial charge in [-0.05, 0) is 42.5 Å². The zero-order valence-electron chi connectivity index (χ0n) is 10.7. The van der Waals surface area contributed by atoms with Gasteiger partial charge in [-0.3, -0.25) is 4.98 Å². The van der Waals surface area contributed by atoms with E-state index in [0.717, 1.165) is 10.9 Å². The van der Waals surface area contributed by atoms with Crippen LogP contribution in [0, 0.1) is 5.82 Å². The molecule has 4 heteroatoms. The van der Waals surface area contributed by atoms with E-state index in [1.165, 1.54) is 12.1 Å². The van der Waals surface area contributed by atoms with Gasteiger partial charge < -0.3 is 10.5 Å². The first kappa shape index (κ1) is 12.6. The molecule has 0 fully saturated rings. The van der Waals surface area contributed by atoms with Crippen LogP contribution < -0.4 is 10.5 Å². The molecule has 20 heavy (non-hydrogen) atoms. The topological polar surface area (TPSA) is 48.1 Å². The van der Waals surface area contributed by atoms with Gasteiger partial charge in [0, 0.05) is 23.7 Å². The molecular formula is C16H13FN2O. The van der Waals surface area contributed by atoms with Gasteiger partial charge in [-0.2, -0.15) is 0 Å². The molecule has 0 atom stereocenters. The third-order valence-electron chi connectivity index (χ3n) is 3.07. The van der Waals surface area contributed by atoms with Gasteiger partial charge >= 0.3 is 0 Å². The second kappa shape index (κ2) is 5.27. The lowest BCUT2D eigenvalue weighted by Gasteiger charge is -2.11. The summed E-state index contributed by atoms with van der Waals surface area (Å²) in [6.07, 6.45) is 1.73. The van der Waals surface area contributed by atoms with E-state index >= 15 is 0 Å². The minimum atomic E-state index is -0.322. The standard InChI is InChI=1S/C16H13FN2O/c17-12-6-7-15(11(9-12)10-18)20-16-5-1-4-14-13(16)3-2-8-19-14/h1-9H,10,18H2. The lowest BCUT2D eigenvalue weighted by molar-refractivity contribution is 0.479. The second-order valence-corrected chi connectivity index (χ2v) is 4.38. The number of nitrogens with zero attached hydrogens (tertiary/aromatic N) is 1. The Morgan fingerprint density at radius 3 is 2.80 bits per heavy atom. The van der Waals surface area contributed by atoms with E-state index in [-0.39, 0.29) is 12.4 Å². The van der Waals surface area contributed by atoms with Crippen LogP contribution in [0.5, 0.6) is 11.5 Å². The van der Waals surface area contributed by atoms with Crippen molar-refractivity contribution in [3.63, 3.8) is 0 Å². The maximum Gasteiger partial charge on any atom is 0.136 e. The molecule has 3 nitrogen and oxygen atoms in total. The first-order valence-electron chi connectivity index (χ1n) is 6.28. The van der Waals surface area contributed by atoms with Crippen molar-refractivity contribution < 1.29 is 9.13 Å². The van der Waals surface area contributed by atoms with E-state index in [1.54, 1.807) is 12.3 Å². The summed E-state index contributed by atoms with van der Waals surface area (Å²) in [5.41, 5.74) is 7.11. The Balaban J connectivity index is 2.05. The third kappa shape index (κ3) is 2.33. The van der Waals surface area contributed by atoms with Crippen LogP contribution in [0.4, 0.5) is 4.39 Å². The number of rotatable bonds is 3. The average Bonchev–Trinajstić information content (AvgIpc) is 2.49. The summed E-state index contributed by atoms with van der Waals surface area (Å²) in [6, 6.07) is 13.8. The highest BCUT2D eigenvalue weighted by Gasteiger charge is 2.08. The smallest absolute Gasteiger partial charge is 0.136 e. The molecule has 0 radical (unpaired) electrons. The zero-order chi connectivity index (χ0) is 13.9. The van der Waals surface area contributed by atoms with Crippen LogP contribution in [0.15, 0.2) is 54.7 Å². The molecule has 0 aliphatic heterocycles. The predicted octanol–water partition coefficient (Wildman–Crippen LogP) is 3.62. The largest absolute Gasteiger partial charge is 0.456 e. The fourth-order valence-electron chi connectivity index (χ4n) is 2.09. The summed E-state index contributed by atoms with van der Waals surface area (Å²) >= 11 is 0. The molecule has 0 aliphatic carbocycles. The van der Waals surface area contributed by atoms with Crippen molar-refractivity contribution in [3.8, 4) is 11.5 Å². The highest BCUT2D eigenvalue weighted by molar-refractivity contribution is 5.85. The van der Waals surface area contributed by atoms with Gasteiger partial charge in [-0.15, -0.1) is 0 Å². The molecule has 0 unspecified atom stereocenters. The molecule has 0 aliphatic rings. The number of benzene rings is 2. The second-order valence-electron chi connectivity index (χ2n) is 4.38. The summed E-state index contributed by atoms with van der Waals surface area (Å²) in [7, 11) is 0. The molecule has 0 saturated carbocycles. The summed E-state index contributed by atoms with van der Waals surface area (Å²) in [5, 5.41) is 0.905. The molecule has 100 valence electrons. The Kier molecular flexibility index (Phi) is 3.31. The van der Waals surface area contributed by atoms with Crippen molar-refractivity contribution >= 4 is 10.9 Å². The van der Waals surface area contributed by atoms with Crippen LogP contribution in [0.1, 0.15) is 5.56 Å². The zero-order valence-corrected chi connectivity index (χ0v) is 10.7. The fourth-order valence-corrected chi connectivity index (χ4v) is 2.09. The van der Waals surface area contributed by atoms with Crippen LogP contribution >= 0.6 is 0 Å². The van der Waals surface area contributed by atoms with Gasteiger partial charge in [0.1, 0.15) is 17.3 Å². The van der Waals surface area contributed by atoms with Gasteiger partial charge in [0.05, 0.1) is 5.52 Å². The van der Waals surface area contributed by atoms with Gasteiger partial charge in [-0.25, -0.2) is 4.39 Å². The number of aromatic nitrogens is 1. The molecule has 2 N–H and O–H groups in total. The molecule has 3 rings (SSSR count). The fraction of sp³-hybridized carbons (Fsp3) is 0.0625. The van der Waals surface area contributed by atoms with Crippen LogP contribution in [0.2, 0.25) is 0 Å². The first-order valence-corrected chi connectivity index (χ1v) is 6.28. The van der Waals surface area contributed by atoms with Gasteiger partial charge in [0.25, 0.3) is 0 Å². The quantitative estimate of drug-likeness (QED) is 0.789. The number of pyridine rings is 1. The third-order valence-corrected chi connectivity index (χ3v) is 3.07. The van der Waals surface area contributed by atoms with E-state index in [1.807, 2.05) is 30.3 Å².